The molecule has 0 bridgehead atoms. The Morgan fingerprint density at radius 3 is 3.06 bits per heavy atom. The van der Waals surface area contributed by atoms with Crippen LogP contribution < -0.4 is 5.32 Å². The summed E-state index contributed by atoms with van der Waals surface area (Å²) in [5, 5.41) is 2.90. The summed E-state index contributed by atoms with van der Waals surface area (Å²) in [6, 6.07) is -0.125. The smallest absolute Gasteiger partial charge is 0.325 e. The molecule has 2 amide bonds. The number of rotatable bonds is 4. The van der Waals surface area contributed by atoms with Crippen molar-refractivity contribution in [2.75, 3.05) is 33.6 Å². The number of carbonyl (C=O) groups excluding carboxylic acids is 1. The van der Waals surface area contributed by atoms with Crippen molar-refractivity contribution in [2.45, 2.75) is 17.8 Å². The molecule has 0 aromatic rings. The molecule has 2 heterocycles. The molecule has 0 radical (unpaired) electrons. The fourth-order valence-corrected chi connectivity index (χ4v) is 2.89. The maximum absolute atomic E-state index is 12.0. The number of hydrogen-bond acceptors (Lipinski definition) is 5. The molecule has 0 spiro atoms. The minimum atomic E-state index is -0.213. The van der Waals surface area contributed by atoms with Gasteiger partial charge in [-0.2, -0.15) is 0 Å². The van der Waals surface area contributed by atoms with Crippen molar-refractivity contribution in [2.24, 2.45) is 0 Å². The van der Waals surface area contributed by atoms with E-state index in [2.05, 4.69) is 5.32 Å². The zero-order chi connectivity index (χ0) is 13.1. The molecule has 2 aliphatic rings. The number of thioether (sulfide) groups is 1. The van der Waals surface area contributed by atoms with E-state index in [0.717, 1.165) is 5.75 Å². The average Bonchev–Trinajstić information content (AvgIpc) is 2.77. The highest BCUT2D eigenvalue weighted by atomic mass is 32.2. The molecule has 3 atom stereocenters. The summed E-state index contributed by atoms with van der Waals surface area (Å²) in [5.41, 5.74) is 0.00720. The zero-order valence-corrected chi connectivity index (χ0v) is 11.6. The van der Waals surface area contributed by atoms with Gasteiger partial charge in [0.1, 0.15) is 17.8 Å². The van der Waals surface area contributed by atoms with Crippen LogP contribution in [0.1, 0.15) is 0 Å². The molecular weight excluding hydrogens is 254 g/mol. The predicted molar refractivity (Wildman–Crippen MR) is 70.0 cm³/mol. The van der Waals surface area contributed by atoms with Crippen LogP contribution in [-0.2, 0) is 9.47 Å². The van der Waals surface area contributed by atoms with E-state index >= 15 is 0 Å². The first kappa shape index (κ1) is 13.7. The van der Waals surface area contributed by atoms with Crippen molar-refractivity contribution in [3.05, 3.63) is 12.3 Å². The second-order valence-corrected chi connectivity index (χ2v) is 5.61. The maximum Gasteiger partial charge on any atom is 0.325 e. The van der Waals surface area contributed by atoms with Crippen LogP contribution in [0.2, 0.25) is 0 Å². The molecule has 7 heteroatoms. The summed E-state index contributed by atoms with van der Waals surface area (Å²) in [6.07, 6.45) is 3.47. The first-order chi connectivity index (χ1) is 8.61. The first-order valence-corrected chi connectivity index (χ1v) is 6.86. The summed E-state index contributed by atoms with van der Waals surface area (Å²) in [4.78, 5) is 15.5. The van der Waals surface area contributed by atoms with Crippen molar-refractivity contribution in [1.29, 1.82) is 0 Å². The van der Waals surface area contributed by atoms with E-state index in [0.29, 0.717) is 6.61 Å². The maximum atomic E-state index is 12.0. The van der Waals surface area contributed by atoms with Crippen molar-refractivity contribution >= 4 is 17.8 Å². The molecule has 0 aromatic carbocycles. The van der Waals surface area contributed by atoms with Crippen LogP contribution in [0, 0.1) is 0 Å². The molecule has 0 saturated carbocycles. The Bertz CT molecular complexity index is 337. The molecule has 2 rings (SSSR count). The Labute approximate surface area is 111 Å². The number of hydrogen-bond donors (Lipinski definition) is 1. The van der Waals surface area contributed by atoms with Crippen molar-refractivity contribution in [3.8, 4) is 0 Å². The lowest BCUT2D eigenvalue weighted by Crippen LogP contribution is -2.54. The number of urea groups is 1. The molecule has 1 saturated heterocycles. The summed E-state index contributed by atoms with van der Waals surface area (Å²) < 4.78 is 10.8. The van der Waals surface area contributed by atoms with E-state index in [9.17, 15) is 4.79 Å². The van der Waals surface area contributed by atoms with Gasteiger partial charge in [0.05, 0.1) is 6.61 Å². The Balaban J connectivity index is 1.94. The van der Waals surface area contributed by atoms with Gasteiger partial charge in [0.15, 0.2) is 0 Å². The highest BCUT2D eigenvalue weighted by Gasteiger charge is 2.34. The normalized spacial score (nSPS) is 32.1. The number of amides is 2. The Morgan fingerprint density at radius 1 is 1.67 bits per heavy atom. The second kappa shape index (κ2) is 5.92. The fourth-order valence-electron chi connectivity index (χ4n) is 1.83. The highest BCUT2D eigenvalue weighted by Crippen LogP contribution is 2.28. The molecule has 1 fully saturated rings. The first-order valence-electron chi connectivity index (χ1n) is 5.81. The Hall–Kier alpha value is -0.760. The lowest BCUT2D eigenvalue weighted by Gasteiger charge is -2.33. The minimum absolute atomic E-state index is 0.00720. The molecule has 0 aromatic heterocycles. The third-order valence-electron chi connectivity index (χ3n) is 2.84. The van der Waals surface area contributed by atoms with Crippen LogP contribution in [0.5, 0.6) is 0 Å². The minimum Gasteiger partial charge on any atom is -0.381 e. The van der Waals surface area contributed by atoms with Crippen LogP contribution in [-0.4, -0.2) is 67.2 Å². The van der Waals surface area contributed by atoms with Crippen molar-refractivity contribution in [1.82, 2.24) is 15.1 Å². The van der Waals surface area contributed by atoms with Crippen LogP contribution >= 0.6 is 11.8 Å². The summed E-state index contributed by atoms with van der Waals surface area (Å²) in [7, 11) is 5.48. The Morgan fingerprint density at radius 2 is 2.44 bits per heavy atom. The number of methoxy groups -OCH3 is 1. The van der Waals surface area contributed by atoms with E-state index in [4.69, 9.17) is 9.47 Å². The number of nitrogens with one attached hydrogen (secondary N) is 1. The van der Waals surface area contributed by atoms with E-state index in [1.54, 1.807) is 30.0 Å². The van der Waals surface area contributed by atoms with E-state index in [1.165, 1.54) is 0 Å². The van der Waals surface area contributed by atoms with Gasteiger partial charge < -0.3 is 14.8 Å². The number of ether oxygens (including phenoxy) is 2. The van der Waals surface area contributed by atoms with Gasteiger partial charge in [-0.25, -0.2) is 4.79 Å². The zero-order valence-electron chi connectivity index (χ0n) is 10.8. The lowest BCUT2D eigenvalue weighted by molar-refractivity contribution is -0.0298. The monoisotopic (exact) mass is 273 g/mol. The molecule has 2 aliphatic heterocycles. The number of carbonyl (C=O) groups is 1. The largest absolute Gasteiger partial charge is 0.381 e. The summed E-state index contributed by atoms with van der Waals surface area (Å²) >= 11 is 1.66. The quantitative estimate of drug-likeness (QED) is 0.807. The van der Waals surface area contributed by atoms with E-state index in [-0.39, 0.29) is 23.9 Å². The third kappa shape index (κ3) is 2.97. The molecule has 1 N–H and O–H groups in total. The van der Waals surface area contributed by atoms with Gasteiger partial charge >= 0.3 is 6.03 Å². The summed E-state index contributed by atoms with van der Waals surface area (Å²) in [5.74, 6) is 0.762. The van der Waals surface area contributed by atoms with Gasteiger partial charge in [-0.3, -0.25) is 9.80 Å². The van der Waals surface area contributed by atoms with Crippen LogP contribution in [0.4, 0.5) is 4.79 Å². The van der Waals surface area contributed by atoms with Crippen LogP contribution in [0.25, 0.3) is 0 Å². The predicted octanol–water partition coefficient (Wildman–Crippen LogP) is 0.475. The highest BCUT2D eigenvalue weighted by molar-refractivity contribution is 8.00. The van der Waals surface area contributed by atoms with E-state index in [1.807, 2.05) is 25.1 Å². The number of nitrogens with zero attached hydrogens (tertiary/aromatic N) is 2. The van der Waals surface area contributed by atoms with Gasteiger partial charge in [0.25, 0.3) is 0 Å². The molecule has 1 unspecified atom stereocenters. The van der Waals surface area contributed by atoms with E-state index < -0.39 is 0 Å². The molecule has 6 nitrogen and oxygen atoms in total. The van der Waals surface area contributed by atoms with Gasteiger partial charge in [-0.15, -0.1) is 11.8 Å². The number of likely N-dealkylation sites (N-methyl/N-ethyl adjacent to an activating group) is 1. The fraction of sp³-hybridized carbons (Fsp3) is 0.727. The van der Waals surface area contributed by atoms with Gasteiger partial charge in [0.2, 0.25) is 0 Å². The third-order valence-corrected chi connectivity index (χ3v) is 3.93. The van der Waals surface area contributed by atoms with Gasteiger partial charge in [-0.05, 0) is 20.2 Å². The summed E-state index contributed by atoms with van der Waals surface area (Å²) in [6.45, 7) is 0.542. The van der Waals surface area contributed by atoms with Crippen molar-refractivity contribution < 1.29 is 14.3 Å². The van der Waals surface area contributed by atoms with Crippen LogP contribution in [0.3, 0.4) is 0 Å². The van der Waals surface area contributed by atoms with Crippen molar-refractivity contribution in [3.63, 3.8) is 0 Å². The molecule has 18 heavy (non-hydrogen) atoms. The SMILES string of the molecule is COC[C@H]1O[C@@H](N2C=CC(N(C)C)NC2=O)CS1. The topological polar surface area (TPSA) is 54.0 Å². The Kier molecular flexibility index (Phi) is 4.50. The molecular formula is C11H19N3O3S. The van der Waals surface area contributed by atoms with Gasteiger partial charge in [0, 0.05) is 19.1 Å². The lowest BCUT2D eigenvalue weighted by atomic mass is 10.3. The standard InChI is InChI=1S/C11H19N3O3S/c1-13(2)8-4-5-14(11(15)12-8)9-7-18-10(17-9)6-16-3/h4-5,8-10H,6-7H2,1-3H3,(H,12,15)/t8?,9-,10+/m1/s1. The molecule has 0 aliphatic carbocycles. The second-order valence-electron chi connectivity index (χ2n) is 4.42. The van der Waals surface area contributed by atoms with Gasteiger partial charge in [-0.1, -0.05) is 0 Å². The molecule has 102 valence electrons. The average molecular weight is 273 g/mol. The van der Waals surface area contributed by atoms with Crippen LogP contribution in [0.15, 0.2) is 12.3 Å².